The summed E-state index contributed by atoms with van der Waals surface area (Å²) < 4.78 is 54.8. The highest BCUT2D eigenvalue weighted by Crippen LogP contribution is 2.67. The number of ether oxygens (including phenoxy) is 9. The summed E-state index contributed by atoms with van der Waals surface area (Å²) in [6.07, 6.45) is -23.6. The normalized spacial score (nSPS) is 54.5. The fraction of sp³-hybridized carbons (Fsp3) is 0.962. The van der Waals surface area contributed by atoms with Crippen molar-refractivity contribution in [3.63, 3.8) is 0 Å². The Morgan fingerprint density at radius 3 is 1.58 bits per heavy atom. The van der Waals surface area contributed by atoms with E-state index in [0.29, 0.717) is 32.1 Å². The maximum absolute atomic E-state index is 12.2. The van der Waals surface area contributed by atoms with Crippen molar-refractivity contribution in [1.29, 1.82) is 0 Å². The van der Waals surface area contributed by atoms with Gasteiger partial charge in [0, 0.05) is 0 Å². The lowest BCUT2D eigenvalue weighted by Gasteiger charge is -2.58. The summed E-state index contributed by atoms with van der Waals surface area (Å²) in [7, 11) is 0. The minimum atomic E-state index is -1.82. The number of hydrogen-bond acceptors (Lipinski definition) is 24. The van der Waals surface area contributed by atoms with Gasteiger partial charge in [-0.2, -0.15) is 0 Å². The minimum Gasteiger partial charge on any atom is -0.394 e. The Morgan fingerprint density at radius 1 is 0.558 bits per heavy atom. The van der Waals surface area contributed by atoms with Gasteiger partial charge < -0.3 is 119 Å². The van der Waals surface area contributed by atoms with Crippen LogP contribution in [0.15, 0.2) is 11.6 Å². The third kappa shape index (κ3) is 10.9. The fourth-order valence-corrected chi connectivity index (χ4v) is 15.7. The third-order valence-electron chi connectivity index (χ3n) is 20.4. The molecule has 444 valence electrons. The maximum atomic E-state index is 12.2. The van der Waals surface area contributed by atoms with E-state index in [0.717, 1.165) is 25.7 Å². The molecule has 5 saturated heterocycles. The van der Waals surface area contributed by atoms with Crippen LogP contribution in [0.5, 0.6) is 0 Å². The molecule has 0 radical (unpaired) electrons. The van der Waals surface area contributed by atoms with Crippen LogP contribution in [0.4, 0.5) is 0 Å². The van der Waals surface area contributed by atoms with Gasteiger partial charge in [0.1, 0.15) is 97.7 Å². The van der Waals surface area contributed by atoms with E-state index in [9.17, 15) is 76.6 Å². The highest BCUT2D eigenvalue weighted by molar-refractivity contribution is 5.29. The second kappa shape index (κ2) is 23.8. The predicted molar refractivity (Wildman–Crippen MR) is 261 cm³/mol. The molecule has 77 heavy (non-hydrogen) atoms. The van der Waals surface area contributed by atoms with E-state index >= 15 is 0 Å². The fourth-order valence-electron chi connectivity index (χ4n) is 15.7. The molecule has 3 saturated carbocycles. The van der Waals surface area contributed by atoms with Crippen LogP contribution in [0.25, 0.3) is 0 Å². The van der Waals surface area contributed by atoms with Crippen LogP contribution in [0.1, 0.15) is 92.4 Å². The second-order valence-corrected chi connectivity index (χ2v) is 24.6. The molecular formula is C53H88O24. The first-order chi connectivity index (χ1) is 36.5. The zero-order chi connectivity index (χ0) is 55.8. The molecular weight excluding hydrogens is 1020 g/mol. The van der Waals surface area contributed by atoms with Crippen LogP contribution >= 0.6 is 0 Å². The van der Waals surface area contributed by atoms with Gasteiger partial charge in [0.05, 0.1) is 56.9 Å². The zero-order valence-corrected chi connectivity index (χ0v) is 44.6. The number of hydrogen-bond donors (Lipinski definition) is 15. The lowest BCUT2D eigenvalue weighted by Crippen LogP contribution is -2.65. The molecule has 15 N–H and O–H groups in total. The van der Waals surface area contributed by atoms with E-state index in [1.807, 2.05) is 6.92 Å². The minimum absolute atomic E-state index is 0.0271. The first kappa shape index (κ1) is 60.4. The largest absolute Gasteiger partial charge is 0.394 e. The Bertz CT molecular complexity index is 1990. The highest BCUT2D eigenvalue weighted by Gasteiger charge is 2.63. The highest BCUT2D eigenvalue weighted by atomic mass is 16.8. The molecule has 0 aromatic carbocycles. The van der Waals surface area contributed by atoms with E-state index < -0.39 is 167 Å². The Balaban J connectivity index is 0.856. The van der Waals surface area contributed by atoms with Crippen molar-refractivity contribution < 1.29 is 119 Å². The van der Waals surface area contributed by atoms with Crippen molar-refractivity contribution in [1.82, 2.24) is 0 Å². The Morgan fingerprint density at radius 2 is 1.05 bits per heavy atom. The number of allylic oxidation sites excluding steroid dienone is 2. The van der Waals surface area contributed by atoms with E-state index in [-0.39, 0.29) is 59.0 Å². The van der Waals surface area contributed by atoms with E-state index in [4.69, 9.17) is 42.6 Å². The van der Waals surface area contributed by atoms with Gasteiger partial charge >= 0.3 is 0 Å². The Hall–Kier alpha value is -1.22. The average Bonchev–Trinajstić information content (AvgIpc) is 3.93. The molecule has 32 atom stereocenters. The van der Waals surface area contributed by atoms with Crippen molar-refractivity contribution in [2.45, 2.75) is 239 Å². The molecule has 0 amide bonds. The van der Waals surface area contributed by atoms with Crippen LogP contribution in [0.3, 0.4) is 0 Å². The van der Waals surface area contributed by atoms with Crippen LogP contribution in [0, 0.1) is 46.3 Å². The van der Waals surface area contributed by atoms with Gasteiger partial charge in [-0.3, -0.25) is 0 Å². The summed E-state index contributed by atoms with van der Waals surface area (Å²) >= 11 is 0. The molecule has 0 unspecified atom stereocenters. The first-order valence-electron chi connectivity index (χ1n) is 28.0. The smallest absolute Gasteiger partial charge is 0.187 e. The zero-order valence-electron chi connectivity index (χ0n) is 44.6. The standard InChI is InChI=1S/C53H88O24/c1-6-22-14-29(77-53(22,5)20-69-49-45(41(65)37(61)32(18-56)73-49)75-47-43(67)39(63)35(59)30(16-54)71-47)21(2)34-28(58)15-27-25-8-7-23-13-24(9-11-51(23,3)26(25)10-12-52(27,34)4)70-50-46(42(66)38(62)33(19-57)74-50)76-48-44(68)40(64)36(60)31(17-55)72-48/h8,21-24,26-50,54-68H,6-7,9-20H2,1-5H3/t21-,22+,23+,24+,26+,27+,28+,29-,30+,31-,32-,33-,34+,35+,36-,37-,38-,39-,40+,41+,42+,43+,44-,45-,46-,47+,48+,49-,50-,51+,52+,53-/m1/s1. The lowest BCUT2D eigenvalue weighted by atomic mass is 9.47. The summed E-state index contributed by atoms with van der Waals surface area (Å²) in [5.74, 6) is 0.335. The maximum Gasteiger partial charge on any atom is 0.187 e. The number of aliphatic hydroxyl groups is 15. The lowest BCUT2D eigenvalue weighted by molar-refractivity contribution is -0.373. The SMILES string of the molecule is CC[C@H]1C[C@H]([C@@H](C)[C@H]2[C@@H](O)C[C@H]3C4=CC[C@H]5C[C@@H](O[C@@H]6O[C@H](CO)[C@@H](O)[C@H](O)[C@H]6O[C@@H]6O[C@H](CO)[C@@H](O)[C@H](O)[C@H]6O)CC[C@]5(C)[C@H]4CC[C@]23C)O[C@]1(C)CO[C@@H]1O[C@H](CO)[C@@H](O)[C@H](O)[C@H]1O[C@@H]1O[C@@H](CO)[C@H](O)[C@@H](O)[C@@H]1O. The van der Waals surface area contributed by atoms with Crippen molar-refractivity contribution in [2.24, 2.45) is 46.3 Å². The van der Waals surface area contributed by atoms with Crippen molar-refractivity contribution >= 4 is 0 Å². The van der Waals surface area contributed by atoms with Gasteiger partial charge in [0.25, 0.3) is 0 Å². The second-order valence-electron chi connectivity index (χ2n) is 24.6. The van der Waals surface area contributed by atoms with Crippen molar-refractivity contribution in [2.75, 3.05) is 33.0 Å². The first-order valence-corrected chi connectivity index (χ1v) is 28.0. The number of fused-ring (bicyclic) bond motifs is 5. The van der Waals surface area contributed by atoms with Gasteiger partial charge in [0.15, 0.2) is 25.2 Å². The molecule has 0 bridgehead atoms. The molecule has 0 aromatic rings. The van der Waals surface area contributed by atoms with E-state index in [1.54, 1.807) is 0 Å². The molecule has 9 aliphatic rings. The number of aliphatic hydroxyl groups excluding tert-OH is 15. The number of rotatable bonds is 16. The quantitative estimate of drug-likeness (QED) is 0.0664. The summed E-state index contributed by atoms with van der Waals surface area (Å²) in [5, 5.41) is 159. The van der Waals surface area contributed by atoms with Gasteiger partial charge in [-0.25, -0.2) is 0 Å². The van der Waals surface area contributed by atoms with Crippen molar-refractivity contribution in [3.8, 4) is 0 Å². The molecule has 4 aliphatic carbocycles. The van der Waals surface area contributed by atoms with Crippen LogP contribution in [0.2, 0.25) is 0 Å². The summed E-state index contributed by atoms with van der Waals surface area (Å²) in [4.78, 5) is 0. The van der Waals surface area contributed by atoms with Crippen molar-refractivity contribution in [3.05, 3.63) is 11.6 Å². The van der Waals surface area contributed by atoms with E-state index in [2.05, 4.69) is 33.8 Å². The molecule has 24 nitrogen and oxygen atoms in total. The van der Waals surface area contributed by atoms with Crippen LogP contribution in [-0.4, -0.2) is 256 Å². The van der Waals surface area contributed by atoms with Crippen LogP contribution in [-0.2, 0) is 42.6 Å². The predicted octanol–water partition coefficient (Wildman–Crippen LogP) is -3.60. The molecule has 5 heterocycles. The Kier molecular flexibility index (Phi) is 18.7. The molecule has 5 aliphatic heterocycles. The van der Waals surface area contributed by atoms with Gasteiger partial charge in [-0.1, -0.05) is 45.8 Å². The van der Waals surface area contributed by atoms with Gasteiger partial charge in [-0.15, -0.1) is 0 Å². The van der Waals surface area contributed by atoms with E-state index in [1.165, 1.54) is 5.57 Å². The molecule has 9 rings (SSSR count). The monoisotopic (exact) mass is 1110 g/mol. The molecule has 0 spiro atoms. The Labute approximate surface area is 448 Å². The topological polar surface area (TPSA) is 387 Å². The van der Waals surface area contributed by atoms with Gasteiger partial charge in [0.2, 0.25) is 0 Å². The average molecular weight is 1110 g/mol. The third-order valence-corrected chi connectivity index (χ3v) is 20.4. The summed E-state index contributed by atoms with van der Waals surface area (Å²) in [6, 6.07) is 0. The van der Waals surface area contributed by atoms with Gasteiger partial charge in [-0.05, 0) is 105 Å². The molecule has 8 fully saturated rings. The van der Waals surface area contributed by atoms with Crippen LogP contribution < -0.4 is 0 Å². The summed E-state index contributed by atoms with van der Waals surface area (Å²) in [5.41, 5.74) is 0.105. The molecule has 0 aromatic heterocycles. The molecule has 24 heteroatoms. The summed E-state index contributed by atoms with van der Waals surface area (Å²) in [6.45, 7) is 7.98.